The summed E-state index contributed by atoms with van der Waals surface area (Å²) in [5, 5.41) is 22.4. The van der Waals surface area contributed by atoms with Crippen LogP contribution in [-0.4, -0.2) is 27.5 Å². The molecule has 0 spiro atoms. The fourth-order valence-corrected chi connectivity index (χ4v) is 2.28. The Hall–Kier alpha value is -1.70. The molecule has 0 saturated heterocycles. The third-order valence-electron chi connectivity index (χ3n) is 3.04. The molecular formula is C13H18BrN3O4. The summed E-state index contributed by atoms with van der Waals surface area (Å²) in [5.41, 5.74) is 0.528. The number of hydrogen-bond donors (Lipinski definition) is 2. The topological polar surface area (TPSA) is 105 Å². The van der Waals surface area contributed by atoms with Gasteiger partial charge < -0.3 is 10.4 Å². The molecule has 0 unspecified atom stereocenters. The van der Waals surface area contributed by atoms with Crippen LogP contribution < -0.4 is 5.32 Å². The molecule has 7 nitrogen and oxygen atoms in total. The van der Waals surface area contributed by atoms with E-state index in [0.717, 1.165) is 19.3 Å². The van der Waals surface area contributed by atoms with Gasteiger partial charge in [-0.15, -0.1) is 0 Å². The number of nitrogens with zero attached hydrogens (tertiary/aromatic N) is 2. The van der Waals surface area contributed by atoms with Crippen molar-refractivity contribution in [1.82, 2.24) is 4.98 Å². The first kappa shape index (κ1) is 17.4. The Labute approximate surface area is 131 Å². The molecule has 1 aromatic heterocycles. The maximum atomic E-state index is 10.8. The number of aromatic nitrogens is 1. The van der Waals surface area contributed by atoms with Gasteiger partial charge in [-0.1, -0.05) is 12.8 Å². The molecule has 0 aliphatic carbocycles. The number of carboxylic acid groups (broad SMARTS) is 1. The highest BCUT2D eigenvalue weighted by atomic mass is 79.9. The van der Waals surface area contributed by atoms with E-state index in [1.807, 2.05) is 0 Å². The van der Waals surface area contributed by atoms with Crippen molar-refractivity contribution < 1.29 is 14.8 Å². The van der Waals surface area contributed by atoms with Gasteiger partial charge in [0.2, 0.25) is 0 Å². The maximum Gasteiger partial charge on any atom is 0.303 e. The van der Waals surface area contributed by atoms with Gasteiger partial charge in [-0.2, -0.15) is 0 Å². The lowest BCUT2D eigenvalue weighted by Crippen LogP contribution is -2.06. The second kappa shape index (κ2) is 8.56. The average molecular weight is 360 g/mol. The molecule has 116 valence electrons. The zero-order valence-corrected chi connectivity index (χ0v) is 13.4. The molecule has 0 bridgehead atoms. The number of rotatable bonds is 9. The molecule has 0 aliphatic rings. The van der Waals surface area contributed by atoms with Gasteiger partial charge in [0.05, 0.1) is 9.40 Å². The minimum absolute atomic E-state index is 0.0129. The Morgan fingerprint density at radius 3 is 2.71 bits per heavy atom. The lowest BCUT2D eigenvalue weighted by Gasteiger charge is -2.09. The van der Waals surface area contributed by atoms with Crippen molar-refractivity contribution in [3.8, 4) is 0 Å². The average Bonchev–Trinajstić information content (AvgIpc) is 2.41. The van der Waals surface area contributed by atoms with Crippen LogP contribution >= 0.6 is 15.9 Å². The van der Waals surface area contributed by atoms with Gasteiger partial charge in [-0.05, 0) is 35.7 Å². The Kier molecular flexibility index (Phi) is 7.07. The van der Waals surface area contributed by atoms with Gasteiger partial charge >= 0.3 is 5.97 Å². The first-order valence-electron chi connectivity index (χ1n) is 6.68. The number of pyridine rings is 1. The molecule has 2 N–H and O–H groups in total. The van der Waals surface area contributed by atoms with Crippen LogP contribution in [0, 0.1) is 17.0 Å². The number of hydrogen-bond acceptors (Lipinski definition) is 5. The van der Waals surface area contributed by atoms with E-state index in [0.29, 0.717) is 28.8 Å². The number of nitro groups is 1. The van der Waals surface area contributed by atoms with E-state index in [1.54, 1.807) is 6.92 Å². The van der Waals surface area contributed by atoms with E-state index in [-0.39, 0.29) is 12.1 Å². The fourth-order valence-electron chi connectivity index (χ4n) is 1.84. The quantitative estimate of drug-likeness (QED) is 0.397. The van der Waals surface area contributed by atoms with Crippen LogP contribution in [0.1, 0.15) is 37.7 Å². The first-order valence-corrected chi connectivity index (χ1v) is 7.48. The molecule has 0 atom stereocenters. The molecule has 1 aromatic rings. The lowest BCUT2D eigenvalue weighted by molar-refractivity contribution is -0.385. The summed E-state index contributed by atoms with van der Waals surface area (Å²) in [7, 11) is 0. The smallest absolute Gasteiger partial charge is 0.303 e. The molecule has 8 heteroatoms. The van der Waals surface area contributed by atoms with Crippen LogP contribution in [0.5, 0.6) is 0 Å². The Morgan fingerprint density at radius 2 is 2.10 bits per heavy atom. The second-order valence-electron chi connectivity index (χ2n) is 4.67. The van der Waals surface area contributed by atoms with Crippen LogP contribution in [0.3, 0.4) is 0 Å². The summed E-state index contributed by atoms with van der Waals surface area (Å²) in [6.07, 6.45) is 4.85. The van der Waals surface area contributed by atoms with Crippen molar-refractivity contribution in [3.63, 3.8) is 0 Å². The number of carbonyl (C=O) groups is 1. The Bertz CT molecular complexity index is 522. The third kappa shape index (κ3) is 5.66. The van der Waals surface area contributed by atoms with E-state index in [9.17, 15) is 14.9 Å². The number of aliphatic carboxylic acids is 1. The van der Waals surface area contributed by atoms with Gasteiger partial charge in [0.25, 0.3) is 5.69 Å². The van der Waals surface area contributed by atoms with Crippen LogP contribution in [0.4, 0.5) is 11.5 Å². The van der Waals surface area contributed by atoms with Crippen LogP contribution in [0.2, 0.25) is 0 Å². The number of unbranched alkanes of at least 4 members (excludes halogenated alkanes) is 3. The molecule has 0 saturated carbocycles. The van der Waals surface area contributed by atoms with Crippen molar-refractivity contribution in [2.24, 2.45) is 0 Å². The van der Waals surface area contributed by atoms with Gasteiger partial charge in [0.15, 0.2) is 0 Å². The highest BCUT2D eigenvalue weighted by molar-refractivity contribution is 9.10. The first-order chi connectivity index (χ1) is 9.93. The predicted octanol–water partition coefficient (Wildman–Crippen LogP) is 3.51. The molecule has 0 amide bonds. The molecule has 0 fully saturated rings. The van der Waals surface area contributed by atoms with E-state index in [4.69, 9.17) is 5.11 Å². The number of carboxylic acids is 1. The number of halogens is 1. The predicted molar refractivity (Wildman–Crippen MR) is 82.5 cm³/mol. The van der Waals surface area contributed by atoms with Crippen LogP contribution in [0.25, 0.3) is 0 Å². The summed E-state index contributed by atoms with van der Waals surface area (Å²) in [4.78, 5) is 24.7. The molecule has 1 rings (SSSR count). The second-order valence-corrected chi connectivity index (χ2v) is 5.47. The summed E-state index contributed by atoms with van der Waals surface area (Å²) in [5.74, 6) is -0.175. The fraction of sp³-hybridized carbons (Fsp3) is 0.538. The summed E-state index contributed by atoms with van der Waals surface area (Å²) >= 11 is 3.31. The highest BCUT2D eigenvalue weighted by Gasteiger charge is 2.16. The summed E-state index contributed by atoms with van der Waals surface area (Å²) in [6.45, 7) is 2.36. The Morgan fingerprint density at radius 1 is 1.43 bits per heavy atom. The van der Waals surface area contributed by atoms with E-state index >= 15 is 0 Å². The number of anilines is 1. The minimum Gasteiger partial charge on any atom is -0.481 e. The van der Waals surface area contributed by atoms with E-state index in [2.05, 4.69) is 26.2 Å². The van der Waals surface area contributed by atoms with Gasteiger partial charge in [-0.25, -0.2) is 4.98 Å². The maximum absolute atomic E-state index is 10.8. The molecule has 0 aliphatic heterocycles. The molecule has 0 radical (unpaired) electrons. The minimum atomic E-state index is -0.761. The zero-order chi connectivity index (χ0) is 15.8. The summed E-state index contributed by atoms with van der Waals surface area (Å²) in [6, 6.07) is 0. The van der Waals surface area contributed by atoms with Crippen molar-refractivity contribution in [2.75, 3.05) is 11.9 Å². The van der Waals surface area contributed by atoms with Crippen LogP contribution in [-0.2, 0) is 4.79 Å². The molecule has 21 heavy (non-hydrogen) atoms. The van der Waals surface area contributed by atoms with Gasteiger partial charge in [0.1, 0.15) is 12.0 Å². The van der Waals surface area contributed by atoms with Crippen molar-refractivity contribution in [3.05, 3.63) is 26.3 Å². The van der Waals surface area contributed by atoms with Crippen molar-refractivity contribution in [2.45, 2.75) is 39.0 Å². The summed E-state index contributed by atoms with van der Waals surface area (Å²) < 4.78 is 0.600. The van der Waals surface area contributed by atoms with Gasteiger partial charge in [-0.3, -0.25) is 14.9 Å². The largest absolute Gasteiger partial charge is 0.481 e. The monoisotopic (exact) mass is 359 g/mol. The molecule has 1 heterocycles. The number of nitrogens with one attached hydrogen (secondary N) is 1. The van der Waals surface area contributed by atoms with Crippen molar-refractivity contribution in [1.29, 1.82) is 0 Å². The highest BCUT2D eigenvalue weighted by Crippen LogP contribution is 2.30. The van der Waals surface area contributed by atoms with E-state index < -0.39 is 10.9 Å². The Balaban J connectivity index is 2.38. The lowest BCUT2D eigenvalue weighted by atomic mass is 10.1. The zero-order valence-electron chi connectivity index (χ0n) is 11.8. The molecular weight excluding hydrogens is 342 g/mol. The van der Waals surface area contributed by atoms with Gasteiger partial charge in [0, 0.05) is 18.5 Å². The van der Waals surface area contributed by atoms with Crippen LogP contribution in [0.15, 0.2) is 10.7 Å². The van der Waals surface area contributed by atoms with Crippen molar-refractivity contribution >= 4 is 33.4 Å². The molecule has 0 aromatic carbocycles. The van der Waals surface area contributed by atoms with E-state index in [1.165, 1.54) is 6.20 Å². The normalized spacial score (nSPS) is 10.4. The SMILES string of the molecule is Cc1c([N+](=O)[O-])cnc(NCCCCCCC(=O)O)c1Br. The third-order valence-corrected chi connectivity index (χ3v) is 4.01. The standard InChI is InChI=1S/C13H18BrN3O4/c1-9-10(17(20)21)8-16-13(12(9)14)15-7-5-3-2-4-6-11(18)19/h8H,2-7H2,1H3,(H,15,16)(H,18,19).